The maximum atomic E-state index is 5.44. The van der Waals surface area contributed by atoms with Gasteiger partial charge in [0.15, 0.2) is 0 Å². The summed E-state index contributed by atoms with van der Waals surface area (Å²) in [5, 5.41) is 0. The Kier molecular flexibility index (Phi) is 1.20. The fourth-order valence-electron chi connectivity index (χ4n) is 0.585. The molecule has 0 amide bonds. The fourth-order valence-corrected chi connectivity index (χ4v) is 0.585. The summed E-state index contributed by atoms with van der Waals surface area (Å²) in [7, 11) is 0. The van der Waals surface area contributed by atoms with Crippen LogP contribution in [-0.2, 0) is 0 Å². The molecule has 9 heavy (non-hydrogen) atoms. The molecule has 0 bridgehead atoms. The van der Waals surface area contributed by atoms with Crippen molar-refractivity contribution < 1.29 is 0 Å². The molecule has 2 heteroatoms. The minimum absolute atomic E-state index is 0.473. The highest BCUT2D eigenvalue weighted by molar-refractivity contribution is 5.60. The lowest BCUT2D eigenvalue weighted by atomic mass is 10.2. The molecule has 2 nitrogen and oxygen atoms in total. The van der Waals surface area contributed by atoms with Crippen LogP contribution in [0.2, 0.25) is 0 Å². The van der Waals surface area contributed by atoms with Gasteiger partial charge < -0.3 is 11.5 Å². The Morgan fingerprint density at radius 2 is 2.00 bits per heavy atom. The number of nitrogen functional groups attached to an aromatic ring is 2. The second-order valence-corrected chi connectivity index (χ2v) is 1.95. The third-order valence-electron chi connectivity index (χ3n) is 1.08. The van der Waals surface area contributed by atoms with Crippen molar-refractivity contribution in [1.29, 1.82) is 0 Å². The van der Waals surface area contributed by atoms with Crippen molar-refractivity contribution in [2.75, 3.05) is 11.5 Å². The maximum absolute atomic E-state index is 5.44. The molecule has 1 aromatic rings. The molecule has 0 heterocycles. The lowest BCUT2D eigenvalue weighted by Gasteiger charge is -1.93. The Bertz CT molecular complexity index is 218. The molecule has 0 unspecified atom stereocenters. The first-order chi connectivity index (χ1) is 4.20. The van der Waals surface area contributed by atoms with Crippen molar-refractivity contribution in [3.05, 3.63) is 23.8 Å². The van der Waals surface area contributed by atoms with Crippen LogP contribution in [-0.4, -0.2) is 0 Å². The summed E-state index contributed by atoms with van der Waals surface area (Å²) >= 11 is 0. The van der Waals surface area contributed by atoms with E-state index < -0.39 is 0 Å². The van der Waals surface area contributed by atoms with Crippen LogP contribution in [0.3, 0.4) is 0 Å². The summed E-state index contributed by atoms with van der Waals surface area (Å²) in [6.07, 6.45) is 0. The molecular weight excluding hydrogens is 112 g/mol. The predicted molar refractivity (Wildman–Crippen MR) is 37.7 cm³/mol. The van der Waals surface area contributed by atoms with E-state index >= 15 is 0 Å². The molecule has 0 saturated carbocycles. The van der Waals surface area contributed by atoms with Crippen LogP contribution < -0.4 is 11.5 Å². The lowest BCUT2D eigenvalue weighted by molar-refractivity contribution is 1.49. The summed E-state index contributed by atoms with van der Waals surface area (Å²) in [4.78, 5) is 0. The van der Waals surface area contributed by atoms with Crippen molar-refractivity contribution in [1.82, 2.24) is 0 Å². The number of rotatable bonds is 0. The summed E-state index contributed by atoms with van der Waals surface area (Å²) in [6, 6.07) is 7.28. The predicted octanol–water partition coefficient (Wildman–Crippen LogP) is 0.760. The third kappa shape index (κ3) is 1.06. The van der Waals surface area contributed by atoms with Gasteiger partial charge in [-0.2, -0.15) is 0 Å². The first kappa shape index (κ1) is 5.77. The molecule has 0 aliphatic heterocycles. The summed E-state index contributed by atoms with van der Waals surface area (Å²) < 4.78 is 0. The molecular formula is C7H8N2. The highest BCUT2D eigenvalue weighted by Gasteiger charge is 1.88. The zero-order valence-corrected chi connectivity index (χ0v) is 5.23. The van der Waals surface area contributed by atoms with E-state index in [4.69, 9.17) is 11.5 Å². The Morgan fingerprint density at radius 1 is 1.33 bits per heavy atom. The fraction of sp³-hybridized carbons (Fsp3) is 0.143. The van der Waals surface area contributed by atoms with Gasteiger partial charge in [-0.1, -0.05) is 6.07 Å². The van der Waals surface area contributed by atoms with Crippen LogP contribution in [0.1, 0.15) is 5.56 Å². The van der Waals surface area contributed by atoms with Crippen LogP contribution in [0, 0.1) is 19.1 Å². The molecule has 0 radical (unpaired) electrons. The van der Waals surface area contributed by atoms with Gasteiger partial charge in [-0.3, -0.25) is 0 Å². The van der Waals surface area contributed by atoms with Crippen molar-refractivity contribution in [2.24, 2.45) is 0 Å². The molecule has 0 aromatic heterocycles. The molecule has 0 saturated heterocycles. The van der Waals surface area contributed by atoms with E-state index in [9.17, 15) is 0 Å². The highest BCUT2D eigenvalue weighted by atomic mass is 14.7. The van der Waals surface area contributed by atoms with Gasteiger partial charge in [0.25, 0.3) is 0 Å². The van der Waals surface area contributed by atoms with E-state index in [-0.39, 0.29) is 0 Å². The normalized spacial score (nSPS) is 8.56. The average Bonchev–Trinajstić information content (AvgIpc) is 1.80. The largest absolute Gasteiger partial charge is 0.396 e. The highest BCUT2D eigenvalue weighted by Crippen LogP contribution is 2.09. The van der Waals surface area contributed by atoms with E-state index in [0.717, 1.165) is 5.56 Å². The van der Waals surface area contributed by atoms with Crippen molar-refractivity contribution in [2.45, 2.75) is 6.92 Å². The minimum Gasteiger partial charge on any atom is -0.396 e. The molecule has 0 aliphatic carbocycles. The third-order valence-corrected chi connectivity index (χ3v) is 1.08. The molecule has 1 rings (SSSR count). The second-order valence-electron chi connectivity index (χ2n) is 1.95. The van der Waals surface area contributed by atoms with Crippen LogP contribution in [0.4, 0.5) is 11.4 Å². The van der Waals surface area contributed by atoms with E-state index in [0.29, 0.717) is 11.4 Å². The molecule has 46 valence electrons. The summed E-state index contributed by atoms with van der Waals surface area (Å²) in [5.41, 5.74) is 12.8. The van der Waals surface area contributed by atoms with Crippen LogP contribution in [0.15, 0.2) is 6.07 Å². The molecule has 1 aromatic carbocycles. The van der Waals surface area contributed by atoms with Crippen LogP contribution >= 0.6 is 0 Å². The Morgan fingerprint density at radius 3 is 2.44 bits per heavy atom. The van der Waals surface area contributed by atoms with E-state index in [1.807, 2.05) is 6.92 Å². The molecule has 4 N–H and O–H groups in total. The van der Waals surface area contributed by atoms with Gasteiger partial charge in [-0.15, -0.1) is 0 Å². The van der Waals surface area contributed by atoms with Crippen molar-refractivity contribution in [3.63, 3.8) is 0 Å². The Labute approximate surface area is 54.5 Å². The summed E-state index contributed by atoms with van der Waals surface area (Å²) in [6.45, 7) is 1.90. The second kappa shape index (κ2) is 1.87. The number of aryl methyl sites for hydroxylation is 1. The Hall–Kier alpha value is -1.36. The van der Waals surface area contributed by atoms with Gasteiger partial charge in [0, 0.05) is 5.56 Å². The van der Waals surface area contributed by atoms with Gasteiger partial charge >= 0.3 is 0 Å². The number of anilines is 2. The monoisotopic (exact) mass is 120 g/mol. The van der Waals surface area contributed by atoms with Gasteiger partial charge in [0.1, 0.15) is 5.69 Å². The smallest absolute Gasteiger partial charge is 0.106 e. The van der Waals surface area contributed by atoms with Gasteiger partial charge in [0.2, 0.25) is 0 Å². The van der Waals surface area contributed by atoms with E-state index in [1.54, 1.807) is 6.07 Å². The zero-order valence-electron chi connectivity index (χ0n) is 5.23. The minimum atomic E-state index is 0.473. The summed E-state index contributed by atoms with van der Waals surface area (Å²) in [5.74, 6) is 0. The van der Waals surface area contributed by atoms with Crippen molar-refractivity contribution in [3.8, 4) is 0 Å². The quantitative estimate of drug-likeness (QED) is 0.531. The average molecular weight is 120 g/mol. The number of nitrogens with two attached hydrogens (primary N) is 2. The molecule has 0 spiro atoms. The Balaban J connectivity index is 3.17. The standard InChI is InChI=1S/C7H8N2/c1-5-2-3-6(8)7(9)4-5/h4H,8-9H2,1H3. The SMILES string of the molecule is Cc1c#cc(N)c(N)c1. The topological polar surface area (TPSA) is 52.0 Å². The number of hydrogen-bond donors (Lipinski definition) is 2. The van der Waals surface area contributed by atoms with Crippen LogP contribution in [0.5, 0.6) is 0 Å². The molecule has 0 aliphatic rings. The number of hydrogen-bond acceptors (Lipinski definition) is 2. The first-order valence-corrected chi connectivity index (χ1v) is 2.65. The van der Waals surface area contributed by atoms with Gasteiger partial charge in [-0.05, 0) is 19.1 Å². The van der Waals surface area contributed by atoms with Crippen LogP contribution in [0.25, 0.3) is 0 Å². The molecule has 0 atom stereocenters. The lowest BCUT2D eigenvalue weighted by Crippen LogP contribution is -1.92. The van der Waals surface area contributed by atoms with E-state index in [1.165, 1.54) is 0 Å². The zero-order chi connectivity index (χ0) is 6.85. The van der Waals surface area contributed by atoms with Crippen molar-refractivity contribution >= 4 is 11.4 Å². The van der Waals surface area contributed by atoms with E-state index in [2.05, 4.69) is 12.1 Å². The van der Waals surface area contributed by atoms with Gasteiger partial charge in [0.05, 0.1) is 5.69 Å². The molecule has 0 fully saturated rings. The first-order valence-electron chi connectivity index (χ1n) is 2.65. The van der Waals surface area contributed by atoms with Gasteiger partial charge in [-0.25, -0.2) is 0 Å². The maximum Gasteiger partial charge on any atom is 0.106 e.